The lowest BCUT2D eigenvalue weighted by molar-refractivity contribution is 0.0977. The van der Waals surface area contributed by atoms with Crippen LogP contribution in [0, 0.1) is 0 Å². The zero-order chi connectivity index (χ0) is 21.5. The normalized spacial score (nSPS) is 10.5. The Bertz CT molecular complexity index is 1030. The zero-order valence-corrected chi connectivity index (χ0v) is 17.8. The number of aliphatic hydroxyl groups excluding tert-OH is 1. The molecule has 0 unspecified atom stereocenters. The second-order valence-corrected chi connectivity index (χ2v) is 7.22. The molecule has 156 valence electrons. The predicted octanol–water partition coefficient (Wildman–Crippen LogP) is 5.01. The van der Waals surface area contributed by atoms with Crippen molar-refractivity contribution in [3.63, 3.8) is 0 Å². The van der Waals surface area contributed by atoms with Crippen molar-refractivity contribution in [2.45, 2.75) is 20.0 Å². The molecule has 0 radical (unpaired) electrons. The first-order valence-corrected chi connectivity index (χ1v) is 10.1. The number of carbonyl (C=O) groups excluding carboxylic acids is 1. The number of furan rings is 1. The first kappa shape index (κ1) is 21.8. The molecule has 3 aromatic rings. The number of carbonyl (C=O) groups is 1. The van der Waals surface area contributed by atoms with E-state index in [1.165, 1.54) is 0 Å². The molecular weight excluding hydrogens is 424 g/mol. The highest BCUT2D eigenvalue weighted by molar-refractivity contribution is 7.80. The minimum Gasteiger partial charge on any atom is -0.494 e. The molecule has 30 heavy (non-hydrogen) atoms. The third kappa shape index (κ3) is 5.60. The number of amides is 1. The third-order valence-corrected chi connectivity index (χ3v) is 4.67. The van der Waals surface area contributed by atoms with E-state index in [1.54, 1.807) is 54.6 Å². The Morgan fingerprint density at radius 1 is 1.17 bits per heavy atom. The number of aliphatic hydroxyl groups is 1. The van der Waals surface area contributed by atoms with Crippen LogP contribution in [0.3, 0.4) is 0 Å². The van der Waals surface area contributed by atoms with Gasteiger partial charge in [-0.15, -0.1) is 0 Å². The van der Waals surface area contributed by atoms with Crippen LogP contribution in [0.25, 0.3) is 11.3 Å². The van der Waals surface area contributed by atoms with E-state index in [2.05, 4.69) is 10.6 Å². The molecule has 0 spiro atoms. The van der Waals surface area contributed by atoms with Gasteiger partial charge in [-0.2, -0.15) is 0 Å². The van der Waals surface area contributed by atoms with E-state index < -0.39 is 0 Å². The SMILES string of the molecule is CCCOc1ccc(C(=O)NC(=S)Nc2cc(-c3ccc(CO)o3)ccc2Cl)cc1. The van der Waals surface area contributed by atoms with Gasteiger partial charge in [0.25, 0.3) is 5.91 Å². The van der Waals surface area contributed by atoms with Gasteiger partial charge in [-0.1, -0.05) is 18.5 Å². The molecule has 1 amide bonds. The van der Waals surface area contributed by atoms with Crippen molar-refractivity contribution in [2.24, 2.45) is 0 Å². The van der Waals surface area contributed by atoms with Gasteiger partial charge in [0.05, 0.1) is 17.3 Å². The van der Waals surface area contributed by atoms with Gasteiger partial charge in [0.15, 0.2) is 5.11 Å². The molecule has 3 N–H and O–H groups in total. The standard InChI is InChI=1S/C22H21ClN2O4S/c1-2-11-28-16-6-3-14(4-7-16)21(27)25-22(30)24-19-12-15(5-9-18(19)23)20-10-8-17(13-26)29-20/h3-10,12,26H,2,11,13H2,1H3,(H2,24,25,27,30). The van der Waals surface area contributed by atoms with Crippen molar-refractivity contribution in [2.75, 3.05) is 11.9 Å². The molecule has 0 saturated carbocycles. The van der Waals surface area contributed by atoms with E-state index in [9.17, 15) is 4.79 Å². The highest BCUT2D eigenvalue weighted by atomic mass is 35.5. The van der Waals surface area contributed by atoms with E-state index in [1.807, 2.05) is 6.92 Å². The fourth-order valence-electron chi connectivity index (χ4n) is 2.64. The molecule has 8 heteroatoms. The summed E-state index contributed by atoms with van der Waals surface area (Å²) in [6, 6.07) is 15.5. The van der Waals surface area contributed by atoms with Crippen molar-refractivity contribution >= 4 is 40.5 Å². The van der Waals surface area contributed by atoms with Crippen molar-refractivity contribution in [3.8, 4) is 17.1 Å². The Labute approximate surface area is 184 Å². The third-order valence-electron chi connectivity index (χ3n) is 4.13. The minimum absolute atomic E-state index is 0.112. The van der Waals surface area contributed by atoms with Crippen LogP contribution in [0.5, 0.6) is 5.75 Å². The molecule has 3 rings (SSSR count). The molecule has 0 aliphatic carbocycles. The Morgan fingerprint density at radius 3 is 2.60 bits per heavy atom. The first-order chi connectivity index (χ1) is 14.5. The molecular formula is C22H21ClN2O4S. The van der Waals surface area contributed by atoms with Gasteiger partial charge >= 0.3 is 0 Å². The summed E-state index contributed by atoms with van der Waals surface area (Å²) in [7, 11) is 0. The fraction of sp³-hybridized carbons (Fsp3) is 0.182. The van der Waals surface area contributed by atoms with Gasteiger partial charge in [-0.3, -0.25) is 10.1 Å². The molecule has 0 saturated heterocycles. The molecule has 2 aromatic carbocycles. The van der Waals surface area contributed by atoms with Gasteiger partial charge in [-0.05, 0) is 73.2 Å². The van der Waals surface area contributed by atoms with E-state index >= 15 is 0 Å². The lowest BCUT2D eigenvalue weighted by atomic mass is 10.1. The van der Waals surface area contributed by atoms with Crippen LogP contribution in [0.1, 0.15) is 29.5 Å². The molecule has 1 heterocycles. The Hall–Kier alpha value is -2.87. The van der Waals surface area contributed by atoms with Gasteiger partial charge < -0.3 is 19.6 Å². The molecule has 0 aliphatic rings. The number of nitrogens with one attached hydrogen (secondary N) is 2. The number of halogens is 1. The number of hydrogen-bond acceptors (Lipinski definition) is 5. The van der Waals surface area contributed by atoms with Crippen LogP contribution in [0.4, 0.5) is 5.69 Å². The van der Waals surface area contributed by atoms with Crippen LogP contribution in [0.15, 0.2) is 59.0 Å². The van der Waals surface area contributed by atoms with E-state index in [0.29, 0.717) is 40.2 Å². The number of benzene rings is 2. The maximum atomic E-state index is 12.4. The van der Waals surface area contributed by atoms with E-state index in [-0.39, 0.29) is 17.6 Å². The Kier molecular flexibility index (Phi) is 7.46. The Morgan fingerprint density at radius 2 is 1.93 bits per heavy atom. The predicted molar refractivity (Wildman–Crippen MR) is 121 cm³/mol. The maximum absolute atomic E-state index is 12.4. The second-order valence-electron chi connectivity index (χ2n) is 6.40. The average molecular weight is 445 g/mol. The molecule has 0 atom stereocenters. The van der Waals surface area contributed by atoms with Crippen molar-refractivity contribution in [1.82, 2.24) is 5.32 Å². The van der Waals surface area contributed by atoms with Crippen molar-refractivity contribution < 1.29 is 19.1 Å². The molecule has 0 bridgehead atoms. The summed E-state index contributed by atoms with van der Waals surface area (Å²) in [5.41, 5.74) is 1.72. The number of thiocarbonyl (C=S) groups is 1. The fourth-order valence-corrected chi connectivity index (χ4v) is 3.01. The van der Waals surface area contributed by atoms with Crippen LogP contribution in [0.2, 0.25) is 5.02 Å². The van der Waals surface area contributed by atoms with E-state index in [4.69, 9.17) is 38.1 Å². The molecule has 6 nitrogen and oxygen atoms in total. The van der Waals surface area contributed by atoms with Crippen molar-refractivity contribution in [1.29, 1.82) is 0 Å². The van der Waals surface area contributed by atoms with Gasteiger partial charge in [0.2, 0.25) is 0 Å². The van der Waals surface area contributed by atoms with Gasteiger partial charge in [0.1, 0.15) is 23.9 Å². The topological polar surface area (TPSA) is 83.7 Å². The zero-order valence-electron chi connectivity index (χ0n) is 16.3. The quantitative estimate of drug-likeness (QED) is 0.444. The Balaban J connectivity index is 1.65. The van der Waals surface area contributed by atoms with Gasteiger partial charge in [-0.25, -0.2) is 0 Å². The molecule has 0 aliphatic heterocycles. The van der Waals surface area contributed by atoms with Crippen LogP contribution < -0.4 is 15.4 Å². The first-order valence-electron chi connectivity index (χ1n) is 9.35. The summed E-state index contributed by atoms with van der Waals surface area (Å²) in [6.07, 6.45) is 0.911. The number of anilines is 1. The summed E-state index contributed by atoms with van der Waals surface area (Å²) in [6.45, 7) is 2.47. The molecule has 1 aromatic heterocycles. The lowest BCUT2D eigenvalue weighted by Gasteiger charge is -2.12. The summed E-state index contributed by atoms with van der Waals surface area (Å²) in [5.74, 6) is 1.41. The average Bonchev–Trinajstić information content (AvgIpc) is 3.23. The number of ether oxygens (including phenoxy) is 1. The second kappa shape index (κ2) is 10.2. The number of hydrogen-bond donors (Lipinski definition) is 3. The summed E-state index contributed by atoms with van der Waals surface area (Å²) in [4.78, 5) is 12.4. The highest BCUT2D eigenvalue weighted by Crippen LogP contribution is 2.30. The summed E-state index contributed by atoms with van der Waals surface area (Å²) < 4.78 is 11.1. The summed E-state index contributed by atoms with van der Waals surface area (Å²) in [5, 5.41) is 15.3. The highest BCUT2D eigenvalue weighted by Gasteiger charge is 2.12. The van der Waals surface area contributed by atoms with Crippen LogP contribution in [-0.2, 0) is 6.61 Å². The smallest absolute Gasteiger partial charge is 0.257 e. The van der Waals surface area contributed by atoms with Crippen LogP contribution in [-0.4, -0.2) is 22.7 Å². The van der Waals surface area contributed by atoms with Gasteiger partial charge in [0, 0.05) is 11.1 Å². The maximum Gasteiger partial charge on any atom is 0.257 e. The van der Waals surface area contributed by atoms with Crippen molar-refractivity contribution in [3.05, 3.63) is 70.9 Å². The lowest BCUT2D eigenvalue weighted by Crippen LogP contribution is -2.34. The largest absolute Gasteiger partial charge is 0.494 e. The molecule has 0 fully saturated rings. The minimum atomic E-state index is -0.347. The monoisotopic (exact) mass is 444 g/mol. The van der Waals surface area contributed by atoms with E-state index in [0.717, 1.165) is 12.0 Å². The van der Waals surface area contributed by atoms with Crippen LogP contribution >= 0.6 is 23.8 Å². The number of rotatable bonds is 7. The summed E-state index contributed by atoms with van der Waals surface area (Å²) >= 11 is 11.5.